The number of ether oxygens (including phenoxy) is 3. The summed E-state index contributed by atoms with van der Waals surface area (Å²) in [6.07, 6.45) is 11.2. The highest BCUT2D eigenvalue weighted by Crippen LogP contribution is 2.41. The molecule has 2 saturated carbocycles. The smallest absolute Gasteiger partial charge is 0.338 e. The molecule has 11 heteroatoms. The number of halogens is 1. The Bertz CT molecular complexity index is 1240. The van der Waals surface area contributed by atoms with Gasteiger partial charge in [0.15, 0.2) is 5.60 Å². The van der Waals surface area contributed by atoms with E-state index in [1.165, 1.54) is 38.3 Å². The summed E-state index contributed by atoms with van der Waals surface area (Å²) in [5.74, 6) is 0.903. The van der Waals surface area contributed by atoms with Gasteiger partial charge in [-0.15, -0.1) is 0 Å². The van der Waals surface area contributed by atoms with Crippen LogP contribution in [0.5, 0.6) is 0 Å². The fourth-order valence-electron chi connectivity index (χ4n) is 5.47. The number of aromatic nitrogens is 2. The maximum Gasteiger partial charge on any atom is 0.338 e. The van der Waals surface area contributed by atoms with E-state index in [0.717, 1.165) is 31.2 Å². The van der Waals surface area contributed by atoms with Gasteiger partial charge in [-0.05, 0) is 70.6 Å². The van der Waals surface area contributed by atoms with Crippen LogP contribution in [-0.2, 0) is 19.0 Å². The Kier molecular flexibility index (Phi) is 12.0. The van der Waals surface area contributed by atoms with E-state index in [0.29, 0.717) is 67.4 Å². The maximum absolute atomic E-state index is 11.8. The molecule has 10 nitrogen and oxygen atoms in total. The Balaban J connectivity index is 0.000000203. The Hall–Kier alpha value is -2.97. The van der Waals surface area contributed by atoms with Gasteiger partial charge in [0.1, 0.15) is 11.6 Å². The number of carbonyl (C=O) groups excluding carboxylic acids is 1. The maximum atomic E-state index is 11.8. The second-order valence-electron chi connectivity index (χ2n) is 11.8. The minimum Gasteiger partial charge on any atom is -0.464 e. The molecule has 2 aromatic heterocycles. The van der Waals surface area contributed by atoms with Gasteiger partial charge in [-0.3, -0.25) is 0 Å². The molecule has 3 aliphatic rings. The van der Waals surface area contributed by atoms with Crippen molar-refractivity contribution in [2.24, 2.45) is 5.41 Å². The third kappa shape index (κ3) is 9.51. The van der Waals surface area contributed by atoms with E-state index < -0.39 is 11.0 Å². The molecule has 3 heterocycles. The molecule has 234 valence electrons. The van der Waals surface area contributed by atoms with Gasteiger partial charge in [0, 0.05) is 43.6 Å². The molecule has 0 amide bonds. The molecule has 0 bridgehead atoms. The number of nitrogens with zero attached hydrogens (tertiary/aromatic N) is 3. The molecule has 43 heavy (non-hydrogen) atoms. The molecule has 0 aromatic carbocycles. The zero-order valence-electron chi connectivity index (χ0n) is 25.4. The molecule has 0 unspecified atom stereocenters. The number of pyridine rings is 2. The van der Waals surface area contributed by atoms with Gasteiger partial charge in [0.25, 0.3) is 0 Å². The van der Waals surface area contributed by atoms with Crippen molar-refractivity contribution in [3.63, 3.8) is 0 Å². The van der Waals surface area contributed by atoms with Crippen molar-refractivity contribution in [3.8, 4) is 17.3 Å². The van der Waals surface area contributed by atoms with Crippen molar-refractivity contribution in [2.45, 2.75) is 89.3 Å². The topological polar surface area (TPSA) is 144 Å². The van der Waals surface area contributed by atoms with Crippen LogP contribution in [0.2, 0.25) is 5.02 Å². The lowest BCUT2D eigenvalue weighted by atomic mass is 9.82. The third-order valence-corrected chi connectivity index (χ3v) is 8.58. The SMILES string of the molecule is CCOC(=O)C1(OC[C@@H](C)NC2CCCCC2)CC1.N#CC1(CNc2cccc(-c3cc(N)ncc3Cl)n2)CCOCC1. The number of anilines is 2. The van der Waals surface area contributed by atoms with Crippen LogP contribution in [-0.4, -0.2) is 66.6 Å². The molecule has 2 aromatic rings. The predicted octanol–water partition coefficient (Wildman–Crippen LogP) is 5.52. The third-order valence-electron chi connectivity index (χ3n) is 8.28. The molecule has 1 saturated heterocycles. The number of hydrogen-bond donors (Lipinski definition) is 3. The quantitative estimate of drug-likeness (QED) is 0.277. The van der Waals surface area contributed by atoms with E-state index in [4.69, 9.17) is 31.5 Å². The zero-order chi connectivity index (χ0) is 30.7. The first-order valence-electron chi connectivity index (χ1n) is 15.5. The number of rotatable bonds is 11. The lowest BCUT2D eigenvalue weighted by Crippen LogP contribution is -2.42. The highest BCUT2D eigenvalue weighted by Gasteiger charge is 2.53. The van der Waals surface area contributed by atoms with Gasteiger partial charge in [0.05, 0.1) is 35.4 Å². The van der Waals surface area contributed by atoms with Gasteiger partial charge in [-0.1, -0.05) is 36.9 Å². The first kappa shape index (κ1) is 32.9. The molecule has 2 aliphatic carbocycles. The van der Waals surface area contributed by atoms with E-state index in [1.54, 1.807) is 6.07 Å². The fraction of sp³-hybridized carbons (Fsp3) is 0.625. The molecular weight excluding hydrogens is 568 g/mol. The van der Waals surface area contributed by atoms with Crippen LogP contribution in [0.1, 0.15) is 71.6 Å². The molecule has 1 atom stereocenters. The molecule has 3 fully saturated rings. The van der Waals surface area contributed by atoms with Crippen LogP contribution in [0.3, 0.4) is 0 Å². The number of nitriles is 1. The van der Waals surface area contributed by atoms with Gasteiger partial charge in [-0.25, -0.2) is 14.8 Å². The summed E-state index contributed by atoms with van der Waals surface area (Å²) < 4.78 is 16.2. The molecule has 0 radical (unpaired) electrons. The van der Waals surface area contributed by atoms with Crippen molar-refractivity contribution in [2.75, 3.05) is 44.0 Å². The van der Waals surface area contributed by atoms with E-state index in [2.05, 4.69) is 33.6 Å². The molecule has 1 aliphatic heterocycles. The van der Waals surface area contributed by atoms with E-state index in [1.807, 2.05) is 25.1 Å². The Labute approximate surface area is 260 Å². The molecule has 4 N–H and O–H groups in total. The average Bonchev–Trinajstić information content (AvgIpc) is 3.83. The summed E-state index contributed by atoms with van der Waals surface area (Å²) in [4.78, 5) is 20.3. The van der Waals surface area contributed by atoms with Gasteiger partial charge >= 0.3 is 5.97 Å². The summed E-state index contributed by atoms with van der Waals surface area (Å²) in [5.41, 5.74) is 6.15. The summed E-state index contributed by atoms with van der Waals surface area (Å²) in [5, 5.41) is 16.9. The van der Waals surface area contributed by atoms with E-state index in [9.17, 15) is 10.1 Å². The molecule has 5 rings (SSSR count). The second-order valence-corrected chi connectivity index (χ2v) is 12.2. The lowest BCUT2D eigenvalue weighted by molar-refractivity contribution is -0.160. The number of nitrogen functional groups attached to an aromatic ring is 1. The minimum atomic E-state index is -0.613. The van der Waals surface area contributed by atoms with Gasteiger partial charge < -0.3 is 30.6 Å². The van der Waals surface area contributed by atoms with Crippen molar-refractivity contribution in [1.82, 2.24) is 15.3 Å². The van der Waals surface area contributed by atoms with Crippen molar-refractivity contribution in [3.05, 3.63) is 35.5 Å². The van der Waals surface area contributed by atoms with Crippen molar-refractivity contribution in [1.29, 1.82) is 5.26 Å². The normalized spacial score (nSPS) is 19.7. The zero-order valence-corrected chi connectivity index (χ0v) is 26.1. The Morgan fingerprint density at radius 3 is 2.65 bits per heavy atom. The number of nitrogens with two attached hydrogens (primary N) is 1. The van der Waals surface area contributed by atoms with Crippen molar-refractivity contribution >= 4 is 29.2 Å². The first-order chi connectivity index (χ1) is 20.8. The average molecular weight is 613 g/mol. The summed E-state index contributed by atoms with van der Waals surface area (Å²) in [6, 6.07) is 10.7. The predicted molar refractivity (Wildman–Crippen MR) is 167 cm³/mol. The molecule has 0 spiro atoms. The van der Waals surface area contributed by atoms with Crippen LogP contribution >= 0.6 is 11.6 Å². The number of carbonyl (C=O) groups is 1. The second kappa shape index (κ2) is 15.7. The van der Waals surface area contributed by atoms with Crippen LogP contribution in [0.25, 0.3) is 11.3 Å². The van der Waals surface area contributed by atoms with Gasteiger partial charge in [0.2, 0.25) is 0 Å². The number of hydrogen-bond acceptors (Lipinski definition) is 10. The monoisotopic (exact) mass is 612 g/mol. The van der Waals surface area contributed by atoms with Gasteiger partial charge in [-0.2, -0.15) is 5.26 Å². The summed E-state index contributed by atoms with van der Waals surface area (Å²) in [7, 11) is 0. The summed E-state index contributed by atoms with van der Waals surface area (Å²) in [6.45, 7) is 6.77. The van der Waals surface area contributed by atoms with E-state index in [-0.39, 0.29) is 5.97 Å². The van der Waals surface area contributed by atoms with Crippen LogP contribution in [0, 0.1) is 16.7 Å². The highest BCUT2D eigenvalue weighted by molar-refractivity contribution is 6.33. The van der Waals surface area contributed by atoms with E-state index >= 15 is 0 Å². The largest absolute Gasteiger partial charge is 0.464 e. The first-order valence-corrected chi connectivity index (χ1v) is 15.8. The van der Waals surface area contributed by atoms with Crippen LogP contribution < -0.4 is 16.4 Å². The van der Waals surface area contributed by atoms with Crippen LogP contribution in [0.4, 0.5) is 11.6 Å². The highest BCUT2D eigenvalue weighted by atomic mass is 35.5. The Morgan fingerprint density at radius 1 is 1.23 bits per heavy atom. The number of nitrogens with one attached hydrogen (secondary N) is 2. The standard InChI is InChI=1S/C17H18ClN5O.C15H27NO3/c18-13-9-21-15(20)8-12(13)14-2-1-3-16(23-14)22-11-17(10-19)4-6-24-7-5-17;1-3-18-14(17)15(9-10-15)19-11-12(2)16-13-7-5-4-6-8-13/h1-3,8-9H,4-7,11H2,(H2,20,21)(H,22,23);12-13,16H,3-11H2,1-2H3/t;12-/m.1/s1. The Morgan fingerprint density at radius 2 is 1.98 bits per heavy atom. The lowest BCUT2D eigenvalue weighted by Gasteiger charge is -2.30. The molecular formula is C32H45ClN6O4. The number of esters is 1. The minimum absolute atomic E-state index is 0.181. The fourth-order valence-corrected chi connectivity index (χ4v) is 5.67. The van der Waals surface area contributed by atoms with Crippen molar-refractivity contribution < 1.29 is 19.0 Å². The van der Waals surface area contributed by atoms with Crippen LogP contribution in [0.15, 0.2) is 30.5 Å². The summed E-state index contributed by atoms with van der Waals surface area (Å²) >= 11 is 6.19.